The molecule has 2 aromatic rings. The minimum Gasteiger partial charge on any atom is -0.391 e. The zero-order valence-corrected chi connectivity index (χ0v) is 16.2. The van der Waals surface area contributed by atoms with Crippen molar-refractivity contribution in [2.75, 3.05) is 32.9 Å². The Morgan fingerprint density at radius 1 is 1.31 bits per heavy atom. The summed E-state index contributed by atoms with van der Waals surface area (Å²) in [5, 5.41) is 11.3. The Bertz CT molecular complexity index is 974. The topological polar surface area (TPSA) is 93.7 Å². The van der Waals surface area contributed by atoms with Crippen LogP contribution in [0, 0.1) is 5.92 Å². The van der Waals surface area contributed by atoms with Gasteiger partial charge in [-0.05, 0) is 18.2 Å². The van der Waals surface area contributed by atoms with E-state index in [1.54, 1.807) is 18.2 Å². The van der Waals surface area contributed by atoms with E-state index in [1.807, 2.05) is 4.90 Å². The molecule has 0 spiro atoms. The van der Waals surface area contributed by atoms with Gasteiger partial charge in [0.25, 0.3) is 0 Å². The third-order valence-corrected chi connectivity index (χ3v) is 6.90. The van der Waals surface area contributed by atoms with Crippen LogP contribution in [0.2, 0.25) is 5.02 Å². The first-order valence-electron chi connectivity index (χ1n) is 8.28. The summed E-state index contributed by atoms with van der Waals surface area (Å²) in [5.74, 6) is -0.446. The number of fused-ring (bicyclic) bond motifs is 1. The van der Waals surface area contributed by atoms with E-state index in [4.69, 9.17) is 11.6 Å². The zero-order chi connectivity index (χ0) is 19.1. The summed E-state index contributed by atoms with van der Waals surface area (Å²) in [5.41, 5.74) is 1.29. The number of likely N-dealkylation sites (tertiary alicyclic amines) is 1. The standard InChI is InChI=1S/C17H22ClN3O4S/c1-20(2)26(24,25)10-11-7-21(9-17(11)23)8-13-6-16(22)14-5-12(18)3-4-15(14)19-13/h3-6,11,17,23H,7-10H2,1-2H3,(H,19,22)/t11-,17+/m0/s1. The fourth-order valence-corrected chi connectivity index (χ4v) is 4.59. The van der Waals surface area contributed by atoms with Crippen LogP contribution < -0.4 is 5.43 Å². The Balaban J connectivity index is 1.75. The first kappa shape index (κ1) is 19.3. The number of sulfonamides is 1. The van der Waals surface area contributed by atoms with Gasteiger partial charge in [0.1, 0.15) is 0 Å². The second kappa shape index (κ2) is 7.28. The maximum Gasteiger partial charge on any atom is 0.214 e. The van der Waals surface area contributed by atoms with Crippen molar-refractivity contribution >= 4 is 32.5 Å². The number of benzene rings is 1. The van der Waals surface area contributed by atoms with Gasteiger partial charge in [-0.1, -0.05) is 11.6 Å². The van der Waals surface area contributed by atoms with Crippen LogP contribution in [0.3, 0.4) is 0 Å². The molecule has 1 aromatic heterocycles. The number of pyridine rings is 1. The number of nitrogens with zero attached hydrogens (tertiary/aromatic N) is 2. The van der Waals surface area contributed by atoms with Crippen molar-refractivity contribution < 1.29 is 13.5 Å². The third kappa shape index (κ3) is 4.10. The molecule has 0 amide bonds. The van der Waals surface area contributed by atoms with Gasteiger partial charge < -0.3 is 10.1 Å². The van der Waals surface area contributed by atoms with Crippen molar-refractivity contribution in [1.82, 2.24) is 14.2 Å². The van der Waals surface area contributed by atoms with Crippen LogP contribution in [0.4, 0.5) is 0 Å². The zero-order valence-electron chi connectivity index (χ0n) is 14.6. The lowest BCUT2D eigenvalue weighted by molar-refractivity contribution is 0.148. The van der Waals surface area contributed by atoms with Crippen LogP contribution >= 0.6 is 11.6 Å². The molecule has 7 nitrogen and oxygen atoms in total. The number of aliphatic hydroxyl groups excluding tert-OH is 1. The van der Waals surface area contributed by atoms with Gasteiger partial charge in [0, 0.05) is 67.3 Å². The van der Waals surface area contributed by atoms with Gasteiger partial charge in [0.05, 0.1) is 11.9 Å². The highest BCUT2D eigenvalue weighted by Gasteiger charge is 2.35. The highest BCUT2D eigenvalue weighted by atomic mass is 35.5. The second-order valence-electron chi connectivity index (χ2n) is 6.93. The maximum absolute atomic E-state index is 12.3. The summed E-state index contributed by atoms with van der Waals surface area (Å²) in [6, 6.07) is 6.62. The Labute approximate surface area is 157 Å². The van der Waals surface area contributed by atoms with Crippen LogP contribution in [0.25, 0.3) is 10.9 Å². The summed E-state index contributed by atoms with van der Waals surface area (Å²) < 4.78 is 25.3. The van der Waals surface area contributed by atoms with Crippen LogP contribution in [0.1, 0.15) is 5.69 Å². The summed E-state index contributed by atoms with van der Waals surface area (Å²) in [7, 11) is -0.401. The van der Waals surface area contributed by atoms with Gasteiger partial charge >= 0.3 is 0 Å². The largest absolute Gasteiger partial charge is 0.391 e. The Morgan fingerprint density at radius 2 is 2.04 bits per heavy atom. The number of aromatic nitrogens is 1. The number of halogens is 1. The van der Waals surface area contributed by atoms with Gasteiger partial charge in [0.2, 0.25) is 10.0 Å². The summed E-state index contributed by atoms with van der Waals surface area (Å²) in [4.78, 5) is 17.4. The lowest BCUT2D eigenvalue weighted by Gasteiger charge is -2.18. The molecule has 0 aliphatic carbocycles. The van der Waals surface area contributed by atoms with E-state index in [0.29, 0.717) is 41.3 Å². The highest BCUT2D eigenvalue weighted by Crippen LogP contribution is 2.22. The molecule has 0 radical (unpaired) electrons. The fraction of sp³-hybridized carbons (Fsp3) is 0.471. The number of β-amino-alcohol motifs (C(OH)–C–C–N with tert-alkyl or cyclic N) is 1. The highest BCUT2D eigenvalue weighted by molar-refractivity contribution is 7.89. The lowest BCUT2D eigenvalue weighted by atomic mass is 10.1. The monoisotopic (exact) mass is 399 g/mol. The van der Waals surface area contributed by atoms with E-state index >= 15 is 0 Å². The van der Waals surface area contributed by atoms with Crippen LogP contribution in [0.15, 0.2) is 29.1 Å². The van der Waals surface area contributed by atoms with E-state index in [9.17, 15) is 18.3 Å². The molecule has 142 valence electrons. The molecule has 0 saturated carbocycles. The molecular formula is C17H22ClN3O4S. The smallest absolute Gasteiger partial charge is 0.214 e. The Morgan fingerprint density at radius 3 is 2.73 bits per heavy atom. The molecule has 1 aliphatic heterocycles. The van der Waals surface area contributed by atoms with Gasteiger partial charge in [-0.2, -0.15) is 0 Å². The number of rotatable bonds is 5. The summed E-state index contributed by atoms with van der Waals surface area (Å²) in [6.07, 6.45) is -0.712. The van der Waals surface area contributed by atoms with Crippen molar-refractivity contribution in [2.45, 2.75) is 12.6 Å². The van der Waals surface area contributed by atoms with E-state index in [0.717, 1.165) is 0 Å². The first-order valence-corrected chi connectivity index (χ1v) is 10.3. The van der Waals surface area contributed by atoms with Crippen molar-refractivity contribution in [3.8, 4) is 0 Å². The molecule has 9 heteroatoms. The lowest BCUT2D eigenvalue weighted by Crippen LogP contribution is -2.33. The molecule has 1 fully saturated rings. The predicted molar refractivity (Wildman–Crippen MR) is 102 cm³/mol. The normalized spacial score (nSPS) is 21.7. The van der Waals surface area contributed by atoms with Gasteiger partial charge in [-0.15, -0.1) is 0 Å². The van der Waals surface area contributed by atoms with Crippen LogP contribution in [-0.2, 0) is 16.6 Å². The number of hydrogen-bond donors (Lipinski definition) is 2. The average molecular weight is 400 g/mol. The molecule has 2 heterocycles. The first-order chi connectivity index (χ1) is 12.2. The molecule has 0 bridgehead atoms. The molecule has 3 rings (SSSR count). The number of hydrogen-bond acceptors (Lipinski definition) is 5. The van der Waals surface area contributed by atoms with Crippen molar-refractivity contribution in [2.24, 2.45) is 5.92 Å². The molecule has 1 saturated heterocycles. The SMILES string of the molecule is CN(C)S(=O)(=O)C[C@@H]1CN(Cc2cc(=O)c3cc(Cl)ccc3[nH]2)C[C@H]1O. The number of nitrogens with one attached hydrogen (secondary N) is 1. The quantitative estimate of drug-likeness (QED) is 0.778. The van der Waals surface area contributed by atoms with Gasteiger partial charge in [-0.25, -0.2) is 12.7 Å². The fourth-order valence-electron chi connectivity index (χ4n) is 3.25. The Hall–Kier alpha value is -1.45. The van der Waals surface area contributed by atoms with E-state index < -0.39 is 16.1 Å². The van der Waals surface area contributed by atoms with Gasteiger partial charge in [-0.3, -0.25) is 9.69 Å². The maximum atomic E-state index is 12.3. The Kier molecular flexibility index (Phi) is 5.41. The molecule has 2 N–H and O–H groups in total. The van der Waals surface area contributed by atoms with Crippen LogP contribution in [-0.4, -0.2) is 66.8 Å². The molecular weight excluding hydrogens is 378 g/mol. The second-order valence-corrected chi connectivity index (χ2v) is 9.60. The van der Waals surface area contributed by atoms with Crippen molar-refractivity contribution in [3.63, 3.8) is 0 Å². The summed E-state index contributed by atoms with van der Waals surface area (Å²) in [6.45, 7) is 1.26. The molecule has 2 atom stereocenters. The summed E-state index contributed by atoms with van der Waals surface area (Å²) >= 11 is 5.93. The van der Waals surface area contributed by atoms with Crippen LogP contribution in [0.5, 0.6) is 0 Å². The van der Waals surface area contributed by atoms with E-state index in [2.05, 4.69) is 4.98 Å². The van der Waals surface area contributed by atoms with E-state index in [1.165, 1.54) is 24.5 Å². The molecule has 1 aliphatic rings. The minimum absolute atomic E-state index is 0.0929. The molecule has 0 unspecified atom stereocenters. The van der Waals surface area contributed by atoms with E-state index in [-0.39, 0.29) is 17.1 Å². The van der Waals surface area contributed by atoms with Crippen molar-refractivity contribution in [3.05, 3.63) is 45.2 Å². The number of aromatic amines is 1. The molecule has 26 heavy (non-hydrogen) atoms. The number of H-pyrrole nitrogens is 1. The average Bonchev–Trinajstić information content (AvgIpc) is 2.87. The van der Waals surface area contributed by atoms with Crippen molar-refractivity contribution in [1.29, 1.82) is 0 Å². The third-order valence-electron chi connectivity index (χ3n) is 4.70. The number of aliphatic hydroxyl groups is 1. The predicted octanol–water partition coefficient (Wildman–Crippen LogP) is 0.866. The minimum atomic E-state index is -3.37. The molecule has 1 aromatic carbocycles. The van der Waals surface area contributed by atoms with Gasteiger partial charge in [0.15, 0.2) is 5.43 Å².